The zero-order chi connectivity index (χ0) is 51.4. The van der Waals surface area contributed by atoms with Crippen LogP contribution < -0.4 is 15.7 Å². The number of nitrogens with one attached hydrogen (secondary N) is 2. The first-order valence-corrected chi connectivity index (χ1v) is 21.9. The molecule has 30 heteroatoms. The monoisotopic (exact) mass is 1010 g/mol. The molecule has 0 aliphatic carbocycles. The number of aliphatic hydroxyl groups excluding tert-OH is 14. The second kappa shape index (κ2) is 24.4. The van der Waals surface area contributed by atoms with Gasteiger partial charge in [0.1, 0.15) is 122 Å². The smallest absolute Gasteiger partial charge is 0.217 e. The molecule has 0 aromatic carbocycles. The van der Waals surface area contributed by atoms with E-state index in [-0.39, 0.29) is 0 Å². The molecule has 0 radical (unpaired) electrons. The van der Waals surface area contributed by atoms with E-state index in [1.165, 1.54) is 6.92 Å². The minimum atomic E-state index is -3.26. The number of rotatable bonds is 19. The lowest BCUT2D eigenvalue weighted by Gasteiger charge is -2.52. The van der Waals surface area contributed by atoms with E-state index in [0.29, 0.717) is 0 Å². The van der Waals surface area contributed by atoms with Gasteiger partial charge in [-0.05, 0) is 6.92 Å². The average molecular weight is 1010 g/mol. The Labute approximate surface area is 392 Å². The lowest BCUT2D eigenvalue weighted by atomic mass is 9.88. The molecule has 5 aliphatic heterocycles. The molecule has 11 unspecified atom stereocenters. The molecule has 30 nitrogen and oxygen atoms in total. The minimum absolute atomic E-state index is 0.717. The fraction of sp³-hybridized carbons (Fsp3) is 0.923. The number of amides is 2. The summed E-state index contributed by atoms with van der Waals surface area (Å²) in [6.45, 7) is -1.35. The van der Waals surface area contributed by atoms with Gasteiger partial charge in [0.15, 0.2) is 18.9 Å². The molecule has 5 rings (SSSR count). The van der Waals surface area contributed by atoms with Crippen molar-refractivity contribution in [1.82, 2.24) is 10.6 Å². The van der Waals surface area contributed by atoms with Crippen molar-refractivity contribution in [3.63, 3.8) is 0 Å². The van der Waals surface area contributed by atoms with Gasteiger partial charge in [-0.2, -0.15) is 0 Å². The molecule has 5 heterocycles. The summed E-state index contributed by atoms with van der Waals surface area (Å²) < 4.78 is 57.3. The molecular formula is C39H65N2O28-. The number of aliphatic hydroxyl groups is 14. The molecule has 0 aromatic heterocycles. The third kappa shape index (κ3) is 12.3. The predicted octanol–water partition coefficient (Wildman–Crippen LogP) is -12.0. The summed E-state index contributed by atoms with van der Waals surface area (Å²) in [5.74, 6) is -7.20. The maximum atomic E-state index is 12.8. The number of carboxylic acid groups (broad SMARTS) is 1. The van der Waals surface area contributed by atoms with Crippen molar-refractivity contribution in [3.8, 4) is 0 Å². The predicted molar refractivity (Wildman–Crippen MR) is 213 cm³/mol. The van der Waals surface area contributed by atoms with E-state index in [1.807, 2.05) is 0 Å². The van der Waals surface area contributed by atoms with Crippen molar-refractivity contribution in [1.29, 1.82) is 0 Å². The van der Waals surface area contributed by atoms with Crippen LogP contribution in [0.4, 0.5) is 0 Å². The van der Waals surface area contributed by atoms with Gasteiger partial charge in [-0.25, -0.2) is 0 Å². The van der Waals surface area contributed by atoms with E-state index < -0.39 is 216 Å². The van der Waals surface area contributed by atoms with Gasteiger partial charge in [-0.1, -0.05) is 0 Å². The SMILES string of the molecule is CO[C@H]1C(CO)O[C@@H](O[C@@H]2C(CO)O[C@@H](C)[C@@H](O)C2O)C(O)[C@H]1O[C@@H]1OC(CO)[C@@H](O[C@@H]2OC(CO)[C@H](O)C(O[C@]3(C(=O)[O-])C[C@@H](O)[C@@H](NC(C)=O)C(C(O)C(O)CO)O3)[C@@H]2O)C(O)[C@@H]1NC(C)=O. The number of carboxylic acids is 1. The third-order valence-corrected chi connectivity index (χ3v) is 12.6. The molecule has 5 fully saturated rings. The lowest BCUT2D eigenvalue weighted by Crippen LogP contribution is -2.72. The number of hydrogen-bond donors (Lipinski definition) is 16. The van der Waals surface area contributed by atoms with Crippen LogP contribution in [0.5, 0.6) is 0 Å². The first kappa shape index (κ1) is 57.4. The van der Waals surface area contributed by atoms with Crippen LogP contribution in [0.1, 0.15) is 27.2 Å². The van der Waals surface area contributed by atoms with E-state index in [4.69, 9.17) is 47.4 Å². The third-order valence-electron chi connectivity index (χ3n) is 12.6. The van der Waals surface area contributed by atoms with E-state index in [1.54, 1.807) is 0 Å². The summed E-state index contributed by atoms with van der Waals surface area (Å²) in [7, 11) is 1.15. The first-order valence-electron chi connectivity index (χ1n) is 21.9. The Kier molecular flexibility index (Phi) is 20.3. The molecule has 26 atom stereocenters. The van der Waals surface area contributed by atoms with Crippen LogP contribution in [-0.2, 0) is 61.8 Å². The second-order valence-corrected chi connectivity index (χ2v) is 17.4. The van der Waals surface area contributed by atoms with Crippen molar-refractivity contribution in [3.05, 3.63) is 0 Å². The standard InChI is InChI=1S/C39H66N2O28/c1-11-22(51)26(55)30(17(8-44)61-11)66-37-28(57)34(31(60-4)19(10-46)64-37)67-35-21(41-13(3)48)25(54)29(18(9-45)63-35)65-36-27(56)33(24(53)16(7-43)62-36)69-39(38(58)59)5-14(49)20(40-12(2)47)32(68-39)23(52)15(50)6-42/h11,14-37,42-46,49-57H,5-10H2,1-4H3,(H,40,47)(H,41,48)(H,58,59)/p-1/t11-,14+,15?,16?,17?,18?,19?,20+,21-,22+,23?,24-,25?,26?,27-,28?,29+,30+,31-,32?,33?,34+,35-,36-,37-,39-/m0/s1. The summed E-state index contributed by atoms with van der Waals surface area (Å²) in [5, 5.41) is 168. The van der Waals surface area contributed by atoms with Gasteiger partial charge >= 0.3 is 0 Å². The van der Waals surface area contributed by atoms with Crippen LogP contribution in [0.3, 0.4) is 0 Å². The number of hydrogen-bond acceptors (Lipinski definition) is 28. The molecule has 0 bridgehead atoms. The molecule has 0 aromatic rings. The van der Waals surface area contributed by atoms with Gasteiger partial charge in [0.2, 0.25) is 17.6 Å². The van der Waals surface area contributed by atoms with E-state index in [2.05, 4.69) is 10.6 Å². The van der Waals surface area contributed by atoms with E-state index in [9.17, 15) is 91.0 Å². The van der Waals surface area contributed by atoms with Crippen LogP contribution in [0.25, 0.3) is 0 Å². The summed E-state index contributed by atoms with van der Waals surface area (Å²) in [6, 6.07) is -3.41. The zero-order valence-corrected chi connectivity index (χ0v) is 37.7. The van der Waals surface area contributed by atoms with E-state index in [0.717, 1.165) is 21.0 Å². The molecular weight excluding hydrogens is 944 g/mol. The quantitative estimate of drug-likeness (QED) is 0.0571. The molecule has 69 heavy (non-hydrogen) atoms. The van der Waals surface area contributed by atoms with Gasteiger partial charge in [-0.3, -0.25) is 9.59 Å². The Bertz CT molecular complexity index is 1670. The van der Waals surface area contributed by atoms with Gasteiger partial charge in [0.05, 0.1) is 51.3 Å². The number of carbonyl (C=O) groups is 3. The molecule has 0 spiro atoms. The summed E-state index contributed by atoms with van der Waals surface area (Å²) in [4.78, 5) is 37.4. The Hall–Kier alpha value is -2.55. The van der Waals surface area contributed by atoms with Crippen LogP contribution in [0.2, 0.25) is 0 Å². The topological polar surface area (TPSA) is 474 Å². The van der Waals surface area contributed by atoms with Crippen molar-refractivity contribution < 1.29 is 138 Å². The highest BCUT2D eigenvalue weighted by atomic mass is 16.8. The van der Waals surface area contributed by atoms with Crippen LogP contribution in [0, 0.1) is 0 Å². The van der Waals surface area contributed by atoms with Crippen molar-refractivity contribution in [2.24, 2.45) is 0 Å². The largest absolute Gasteiger partial charge is 0.544 e. The highest BCUT2D eigenvalue weighted by Gasteiger charge is 2.59. The molecule has 5 saturated heterocycles. The Morgan fingerprint density at radius 1 is 0.623 bits per heavy atom. The van der Waals surface area contributed by atoms with Gasteiger partial charge in [-0.15, -0.1) is 0 Å². The number of aliphatic carboxylic acids is 1. The summed E-state index contributed by atoms with van der Waals surface area (Å²) in [5.41, 5.74) is 0. The molecule has 400 valence electrons. The maximum Gasteiger partial charge on any atom is 0.217 e. The number of ether oxygens (including phenoxy) is 10. The van der Waals surface area contributed by atoms with Crippen LogP contribution in [-0.4, -0.2) is 288 Å². The molecule has 0 saturated carbocycles. The van der Waals surface area contributed by atoms with Gasteiger partial charge < -0.3 is 139 Å². The molecule has 16 N–H and O–H groups in total. The maximum absolute atomic E-state index is 12.8. The highest BCUT2D eigenvalue weighted by Crippen LogP contribution is 2.39. The lowest BCUT2D eigenvalue weighted by molar-refractivity contribution is -0.411. The van der Waals surface area contributed by atoms with Gasteiger partial charge in [0.25, 0.3) is 0 Å². The van der Waals surface area contributed by atoms with E-state index >= 15 is 0 Å². The second-order valence-electron chi connectivity index (χ2n) is 17.4. The number of methoxy groups -OCH3 is 1. The van der Waals surface area contributed by atoms with Crippen molar-refractivity contribution in [2.45, 2.75) is 186 Å². The minimum Gasteiger partial charge on any atom is -0.544 e. The Morgan fingerprint density at radius 2 is 1.10 bits per heavy atom. The van der Waals surface area contributed by atoms with Gasteiger partial charge in [0, 0.05) is 27.4 Å². The van der Waals surface area contributed by atoms with Crippen LogP contribution >= 0.6 is 0 Å². The normalized spacial score (nSPS) is 46.1. The fourth-order valence-electron chi connectivity index (χ4n) is 9.00. The molecule has 2 amide bonds. The Balaban J connectivity index is 1.42. The number of carbonyl (C=O) groups excluding carboxylic acids is 3. The first-order chi connectivity index (χ1) is 32.5. The van der Waals surface area contributed by atoms with Crippen LogP contribution in [0.15, 0.2) is 0 Å². The van der Waals surface area contributed by atoms with Crippen molar-refractivity contribution in [2.75, 3.05) is 40.1 Å². The summed E-state index contributed by atoms with van der Waals surface area (Å²) in [6.07, 6.45) is -43.2. The van der Waals surface area contributed by atoms with Crippen molar-refractivity contribution >= 4 is 17.8 Å². The Morgan fingerprint density at radius 3 is 1.62 bits per heavy atom. The highest BCUT2D eigenvalue weighted by molar-refractivity contribution is 5.75. The fourth-order valence-corrected chi connectivity index (χ4v) is 9.00. The average Bonchev–Trinajstić information content (AvgIpc) is 3.31. The summed E-state index contributed by atoms with van der Waals surface area (Å²) >= 11 is 0. The molecule has 5 aliphatic rings. The zero-order valence-electron chi connectivity index (χ0n) is 37.7.